The van der Waals surface area contributed by atoms with E-state index in [0.717, 1.165) is 26.4 Å². The monoisotopic (exact) mass is 230 g/mol. The second kappa shape index (κ2) is 7.22. The van der Waals surface area contributed by atoms with Gasteiger partial charge in [0.1, 0.15) is 0 Å². The van der Waals surface area contributed by atoms with Gasteiger partial charge in [0.25, 0.3) is 0 Å². The maximum Gasteiger partial charge on any atom is 0.0615 e. The molecule has 0 aliphatic carbocycles. The van der Waals surface area contributed by atoms with Crippen LogP contribution in [-0.2, 0) is 9.47 Å². The molecule has 0 spiro atoms. The summed E-state index contributed by atoms with van der Waals surface area (Å²) in [7, 11) is 5.95. The number of methoxy groups -OCH3 is 1. The summed E-state index contributed by atoms with van der Waals surface area (Å²) < 4.78 is 10.6. The van der Waals surface area contributed by atoms with Crippen molar-refractivity contribution >= 4 is 0 Å². The zero-order valence-electron chi connectivity index (χ0n) is 11.0. The second-order valence-corrected chi connectivity index (χ2v) is 4.76. The molecule has 0 bridgehead atoms. The number of likely N-dealkylation sites (N-methyl/N-ethyl adjacent to an activating group) is 2. The van der Waals surface area contributed by atoms with Gasteiger partial charge in [0.05, 0.1) is 13.2 Å². The van der Waals surface area contributed by atoms with Crippen LogP contribution in [-0.4, -0.2) is 64.6 Å². The highest BCUT2D eigenvalue weighted by Gasteiger charge is 2.26. The van der Waals surface area contributed by atoms with E-state index in [4.69, 9.17) is 9.47 Å². The zero-order chi connectivity index (χ0) is 12.0. The van der Waals surface area contributed by atoms with E-state index < -0.39 is 0 Å². The van der Waals surface area contributed by atoms with Crippen LogP contribution in [0.25, 0.3) is 0 Å². The van der Waals surface area contributed by atoms with Gasteiger partial charge in [0.2, 0.25) is 0 Å². The van der Waals surface area contributed by atoms with E-state index in [2.05, 4.69) is 24.2 Å². The first-order valence-corrected chi connectivity index (χ1v) is 6.13. The largest absolute Gasteiger partial charge is 0.383 e. The number of nitrogens with zero attached hydrogens (tertiary/aromatic N) is 1. The summed E-state index contributed by atoms with van der Waals surface area (Å²) in [5.74, 6) is 0.655. The molecule has 16 heavy (non-hydrogen) atoms. The molecule has 1 N–H and O–H groups in total. The lowest BCUT2D eigenvalue weighted by Gasteiger charge is -2.31. The van der Waals surface area contributed by atoms with Crippen molar-refractivity contribution in [2.24, 2.45) is 5.92 Å². The van der Waals surface area contributed by atoms with E-state index in [1.54, 1.807) is 7.11 Å². The van der Waals surface area contributed by atoms with Crippen molar-refractivity contribution in [3.05, 3.63) is 0 Å². The van der Waals surface area contributed by atoms with Gasteiger partial charge in [-0.15, -0.1) is 0 Å². The molecule has 0 saturated carbocycles. The molecule has 0 amide bonds. The number of hydrogen-bond donors (Lipinski definition) is 1. The molecule has 1 aliphatic heterocycles. The predicted octanol–water partition coefficient (Wildman–Crippen LogP) is 0.578. The lowest BCUT2D eigenvalue weighted by atomic mass is 9.98. The van der Waals surface area contributed by atoms with E-state index in [1.807, 2.05) is 7.05 Å². The summed E-state index contributed by atoms with van der Waals surface area (Å²) in [5, 5.41) is 3.41. The summed E-state index contributed by atoms with van der Waals surface area (Å²) in [4.78, 5) is 2.35. The third-order valence-corrected chi connectivity index (χ3v) is 3.55. The van der Waals surface area contributed by atoms with Crippen LogP contribution in [0.2, 0.25) is 0 Å². The Morgan fingerprint density at radius 1 is 1.56 bits per heavy atom. The fraction of sp³-hybridized carbons (Fsp3) is 1.00. The van der Waals surface area contributed by atoms with Gasteiger partial charge >= 0.3 is 0 Å². The molecule has 4 heteroatoms. The maximum absolute atomic E-state index is 5.45. The van der Waals surface area contributed by atoms with Gasteiger partial charge in [0.15, 0.2) is 0 Å². The number of nitrogens with one attached hydrogen (secondary N) is 1. The average Bonchev–Trinajstić information content (AvgIpc) is 2.79. The summed E-state index contributed by atoms with van der Waals surface area (Å²) in [6.45, 7) is 5.85. The van der Waals surface area contributed by atoms with E-state index in [0.29, 0.717) is 18.0 Å². The topological polar surface area (TPSA) is 33.7 Å². The molecule has 1 fully saturated rings. The molecule has 3 unspecified atom stereocenters. The molecule has 1 heterocycles. The molecule has 0 aromatic rings. The van der Waals surface area contributed by atoms with Gasteiger partial charge in [-0.3, -0.25) is 4.90 Å². The van der Waals surface area contributed by atoms with Crippen LogP contribution in [0.1, 0.15) is 13.3 Å². The highest BCUT2D eigenvalue weighted by Crippen LogP contribution is 2.17. The SMILES string of the molecule is CNC(CN(C)C(C)COC)C1CCOC1. The Kier molecular flexibility index (Phi) is 6.28. The molecular formula is C12H26N2O2. The Morgan fingerprint density at radius 3 is 2.81 bits per heavy atom. The molecule has 1 aliphatic rings. The standard InChI is InChI=1S/C12H26N2O2/c1-10(8-15-4)14(3)7-12(13-2)11-5-6-16-9-11/h10-13H,5-9H2,1-4H3. The average molecular weight is 230 g/mol. The molecule has 3 atom stereocenters. The van der Waals surface area contributed by atoms with Gasteiger partial charge in [-0.2, -0.15) is 0 Å². The van der Waals surface area contributed by atoms with Gasteiger partial charge in [0, 0.05) is 38.3 Å². The lowest BCUT2D eigenvalue weighted by Crippen LogP contribution is -2.46. The van der Waals surface area contributed by atoms with Gasteiger partial charge in [-0.05, 0) is 27.4 Å². The minimum Gasteiger partial charge on any atom is -0.383 e. The third-order valence-electron chi connectivity index (χ3n) is 3.55. The van der Waals surface area contributed by atoms with Gasteiger partial charge < -0.3 is 14.8 Å². The summed E-state index contributed by atoms with van der Waals surface area (Å²) in [6.07, 6.45) is 1.18. The highest BCUT2D eigenvalue weighted by molar-refractivity contribution is 4.81. The first-order chi connectivity index (χ1) is 7.69. The number of rotatable bonds is 7. The van der Waals surface area contributed by atoms with Crippen molar-refractivity contribution < 1.29 is 9.47 Å². The number of ether oxygens (including phenoxy) is 2. The normalized spacial score (nSPS) is 24.9. The van der Waals surface area contributed by atoms with Gasteiger partial charge in [-0.25, -0.2) is 0 Å². The second-order valence-electron chi connectivity index (χ2n) is 4.76. The first kappa shape index (κ1) is 13.9. The van der Waals surface area contributed by atoms with Crippen LogP contribution in [0.3, 0.4) is 0 Å². The van der Waals surface area contributed by atoms with E-state index >= 15 is 0 Å². The summed E-state index contributed by atoms with van der Waals surface area (Å²) >= 11 is 0. The van der Waals surface area contributed by atoms with Gasteiger partial charge in [-0.1, -0.05) is 0 Å². The van der Waals surface area contributed by atoms with Crippen LogP contribution >= 0.6 is 0 Å². The van der Waals surface area contributed by atoms with Crippen LogP contribution < -0.4 is 5.32 Å². The van der Waals surface area contributed by atoms with Crippen LogP contribution in [0, 0.1) is 5.92 Å². The molecular weight excluding hydrogens is 204 g/mol. The fourth-order valence-corrected chi connectivity index (χ4v) is 2.20. The number of hydrogen-bond acceptors (Lipinski definition) is 4. The van der Waals surface area contributed by atoms with Crippen molar-refractivity contribution in [1.29, 1.82) is 0 Å². The smallest absolute Gasteiger partial charge is 0.0615 e. The van der Waals surface area contributed by atoms with E-state index in [1.165, 1.54) is 6.42 Å². The third kappa shape index (κ3) is 4.01. The fourth-order valence-electron chi connectivity index (χ4n) is 2.20. The van der Waals surface area contributed by atoms with Crippen molar-refractivity contribution in [1.82, 2.24) is 10.2 Å². The molecule has 0 aromatic heterocycles. The summed E-state index contributed by atoms with van der Waals surface area (Å²) in [5.41, 5.74) is 0. The lowest BCUT2D eigenvalue weighted by molar-refractivity contribution is 0.101. The van der Waals surface area contributed by atoms with Crippen molar-refractivity contribution in [3.63, 3.8) is 0 Å². The maximum atomic E-state index is 5.45. The predicted molar refractivity (Wildman–Crippen MR) is 65.7 cm³/mol. The van der Waals surface area contributed by atoms with Crippen molar-refractivity contribution in [2.45, 2.75) is 25.4 Å². The van der Waals surface area contributed by atoms with E-state index in [-0.39, 0.29) is 0 Å². The van der Waals surface area contributed by atoms with E-state index in [9.17, 15) is 0 Å². The van der Waals surface area contributed by atoms with Crippen molar-refractivity contribution in [3.8, 4) is 0 Å². The van der Waals surface area contributed by atoms with Crippen molar-refractivity contribution in [2.75, 3.05) is 47.6 Å². The zero-order valence-corrected chi connectivity index (χ0v) is 11.0. The van der Waals surface area contributed by atoms with Crippen LogP contribution in [0.15, 0.2) is 0 Å². The minimum atomic E-state index is 0.461. The molecule has 4 nitrogen and oxygen atoms in total. The Balaban J connectivity index is 2.36. The Labute approximate surface area is 99.3 Å². The highest BCUT2D eigenvalue weighted by atomic mass is 16.5. The Hall–Kier alpha value is -0.160. The molecule has 0 radical (unpaired) electrons. The van der Waals surface area contributed by atoms with Crippen LogP contribution in [0.4, 0.5) is 0 Å². The molecule has 1 saturated heterocycles. The molecule has 0 aromatic carbocycles. The summed E-state index contributed by atoms with van der Waals surface area (Å²) in [6, 6.07) is 0.981. The first-order valence-electron chi connectivity index (χ1n) is 6.13. The quantitative estimate of drug-likeness (QED) is 0.693. The molecule has 1 rings (SSSR count). The van der Waals surface area contributed by atoms with Crippen LogP contribution in [0.5, 0.6) is 0 Å². The Morgan fingerprint density at radius 2 is 2.31 bits per heavy atom. The molecule has 96 valence electrons. The Bertz CT molecular complexity index is 184. The minimum absolute atomic E-state index is 0.461.